The molecule has 0 aliphatic rings. The quantitative estimate of drug-likeness (QED) is 0.802. The molecule has 0 heterocycles. The molecule has 5 heteroatoms. The molecule has 0 aliphatic heterocycles. The number of nitrogens with one attached hydrogen (secondary N) is 1. The minimum atomic E-state index is -1.02. The zero-order valence-corrected chi connectivity index (χ0v) is 10.6. The number of aliphatic carboxylic acids is 1. The summed E-state index contributed by atoms with van der Waals surface area (Å²) in [7, 11) is 0. The Morgan fingerprint density at radius 1 is 1.16 bits per heavy atom. The highest BCUT2D eigenvalue weighted by atomic mass is 35.5. The van der Waals surface area contributed by atoms with Crippen LogP contribution in [-0.2, 0) is 4.79 Å². The summed E-state index contributed by atoms with van der Waals surface area (Å²) in [5.41, 5.74) is 1.17. The number of phenolic OH excluding ortho intramolecular Hbond substituents is 1. The maximum Gasteiger partial charge on any atom is 0.330 e. The molecule has 0 saturated heterocycles. The van der Waals surface area contributed by atoms with Gasteiger partial charge < -0.3 is 15.5 Å². The molecule has 3 N–H and O–H groups in total. The summed E-state index contributed by atoms with van der Waals surface area (Å²) in [6.07, 6.45) is 0. The van der Waals surface area contributed by atoms with E-state index in [1.165, 1.54) is 18.2 Å². The summed E-state index contributed by atoms with van der Waals surface area (Å²) < 4.78 is 0. The van der Waals surface area contributed by atoms with E-state index in [9.17, 15) is 15.0 Å². The van der Waals surface area contributed by atoms with Gasteiger partial charge in [-0.15, -0.1) is 0 Å². The molecule has 0 aromatic heterocycles. The summed E-state index contributed by atoms with van der Waals surface area (Å²) in [4.78, 5) is 11.3. The fourth-order valence-electron chi connectivity index (χ4n) is 1.69. The van der Waals surface area contributed by atoms with E-state index in [-0.39, 0.29) is 10.8 Å². The van der Waals surface area contributed by atoms with Crippen LogP contribution in [0.25, 0.3) is 0 Å². The van der Waals surface area contributed by atoms with Gasteiger partial charge in [0, 0.05) is 5.69 Å². The van der Waals surface area contributed by atoms with Gasteiger partial charge in [-0.2, -0.15) is 0 Å². The van der Waals surface area contributed by atoms with Gasteiger partial charge in [0.15, 0.2) is 6.04 Å². The van der Waals surface area contributed by atoms with Gasteiger partial charge in [-0.1, -0.05) is 35.9 Å². The van der Waals surface area contributed by atoms with Gasteiger partial charge in [0.05, 0.1) is 5.02 Å². The number of carboxylic acid groups (broad SMARTS) is 1. The molecule has 0 fully saturated rings. The van der Waals surface area contributed by atoms with Crippen molar-refractivity contribution in [3.05, 3.63) is 59.1 Å². The second-order valence-electron chi connectivity index (χ2n) is 3.99. The van der Waals surface area contributed by atoms with Crippen LogP contribution in [0.3, 0.4) is 0 Å². The zero-order valence-electron chi connectivity index (χ0n) is 9.88. The Labute approximate surface area is 115 Å². The molecule has 0 aliphatic carbocycles. The zero-order chi connectivity index (χ0) is 13.8. The van der Waals surface area contributed by atoms with Crippen molar-refractivity contribution in [2.75, 3.05) is 5.32 Å². The molecule has 0 bridgehead atoms. The van der Waals surface area contributed by atoms with Crippen LogP contribution in [0.1, 0.15) is 11.6 Å². The Kier molecular flexibility index (Phi) is 3.92. The van der Waals surface area contributed by atoms with Crippen LogP contribution < -0.4 is 5.32 Å². The number of aromatic hydroxyl groups is 1. The van der Waals surface area contributed by atoms with Crippen molar-refractivity contribution in [2.24, 2.45) is 0 Å². The topological polar surface area (TPSA) is 69.6 Å². The second-order valence-corrected chi connectivity index (χ2v) is 4.40. The molecule has 2 aromatic rings. The lowest BCUT2D eigenvalue weighted by Crippen LogP contribution is -2.20. The van der Waals surface area contributed by atoms with Gasteiger partial charge in [0.1, 0.15) is 5.75 Å². The lowest BCUT2D eigenvalue weighted by Gasteiger charge is -2.16. The molecular weight excluding hydrogens is 266 g/mol. The van der Waals surface area contributed by atoms with E-state index in [0.717, 1.165) is 0 Å². The monoisotopic (exact) mass is 277 g/mol. The molecule has 98 valence electrons. The Bertz CT molecular complexity index is 586. The first-order valence-electron chi connectivity index (χ1n) is 5.61. The lowest BCUT2D eigenvalue weighted by molar-refractivity contribution is -0.138. The van der Waals surface area contributed by atoms with E-state index in [0.29, 0.717) is 11.3 Å². The number of carbonyl (C=O) groups is 1. The maximum absolute atomic E-state index is 11.3. The Balaban J connectivity index is 2.30. The van der Waals surface area contributed by atoms with E-state index in [4.69, 9.17) is 11.6 Å². The molecule has 1 atom stereocenters. The number of hydrogen-bond acceptors (Lipinski definition) is 3. The molecular formula is C14H12ClNO3. The first-order valence-corrected chi connectivity index (χ1v) is 5.98. The maximum atomic E-state index is 11.3. The fourth-order valence-corrected chi connectivity index (χ4v) is 1.88. The van der Waals surface area contributed by atoms with Crippen molar-refractivity contribution >= 4 is 23.3 Å². The van der Waals surface area contributed by atoms with Crippen molar-refractivity contribution in [3.8, 4) is 5.75 Å². The van der Waals surface area contributed by atoms with Gasteiger partial charge in [-0.25, -0.2) is 4.79 Å². The summed E-state index contributed by atoms with van der Waals surface area (Å²) in [6, 6.07) is 12.4. The number of carboxylic acids is 1. The molecule has 4 nitrogen and oxygen atoms in total. The van der Waals surface area contributed by atoms with Crippen LogP contribution in [-0.4, -0.2) is 16.2 Å². The molecule has 1 unspecified atom stereocenters. The summed E-state index contributed by atoms with van der Waals surface area (Å²) >= 11 is 5.79. The van der Waals surface area contributed by atoms with Gasteiger partial charge in [0.25, 0.3) is 0 Å². The molecule has 19 heavy (non-hydrogen) atoms. The third-order valence-corrected chi connectivity index (χ3v) is 2.94. The average Bonchev–Trinajstić information content (AvgIpc) is 2.40. The largest absolute Gasteiger partial charge is 0.506 e. The number of para-hydroxylation sites is 1. The van der Waals surface area contributed by atoms with Crippen LogP contribution >= 0.6 is 11.6 Å². The lowest BCUT2D eigenvalue weighted by atomic mass is 10.1. The standard InChI is InChI=1S/C14H12ClNO3/c15-11-8-9(6-7-12(11)17)13(14(18)19)16-10-4-2-1-3-5-10/h1-8,13,16-17H,(H,18,19). The SMILES string of the molecule is O=C(O)C(Nc1ccccc1)c1ccc(O)c(Cl)c1. The van der Waals surface area contributed by atoms with Crippen molar-refractivity contribution in [1.29, 1.82) is 0 Å². The Morgan fingerprint density at radius 3 is 2.42 bits per heavy atom. The smallest absolute Gasteiger partial charge is 0.330 e. The fraction of sp³-hybridized carbons (Fsp3) is 0.0714. The highest BCUT2D eigenvalue weighted by molar-refractivity contribution is 6.32. The molecule has 0 spiro atoms. The molecule has 0 amide bonds. The predicted molar refractivity (Wildman–Crippen MR) is 73.6 cm³/mol. The molecule has 2 aromatic carbocycles. The predicted octanol–water partition coefficient (Wildman–Crippen LogP) is 3.28. The molecule has 0 radical (unpaired) electrons. The third kappa shape index (κ3) is 3.17. The summed E-state index contributed by atoms with van der Waals surface area (Å²) in [6.45, 7) is 0. The first-order chi connectivity index (χ1) is 9.08. The van der Waals surface area contributed by atoms with Gasteiger partial charge in [0.2, 0.25) is 0 Å². The van der Waals surface area contributed by atoms with Crippen LogP contribution in [0.15, 0.2) is 48.5 Å². The second kappa shape index (κ2) is 5.63. The summed E-state index contributed by atoms with van der Waals surface area (Å²) in [5.74, 6) is -1.10. The van der Waals surface area contributed by atoms with Gasteiger partial charge >= 0.3 is 5.97 Å². The van der Waals surface area contributed by atoms with Crippen molar-refractivity contribution < 1.29 is 15.0 Å². The van der Waals surface area contributed by atoms with E-state index in [2.05, 4.69) is 5.32 Å². The van der Waals surface area contributed by atoms with Crippen LogP contribution in [0.2, 0.25) is 5.02 Å². The number of halogens is 1. The van der Waals surface area contributed by atoms with E-state index in [1.807, 2.05) is 18.2 Å². The third-order valence-electron chi connectivity index (χ3n) is 2.64. The van der Waals surface area contributed by atoms with Crippen LogP contribution in [0.4, 0.5) is 5.69 Å². The number of phenols is 1. The van der Waals surface area contributed by atoms with E-state index < -0.39 is 12.0 Å². The normalized spacial score (nSPS) is 11.8. The van der Waals surface area contributed by atoms with E-state index >= 15 is 0 Å². The Hall–Kier alpha value is -2.20. The number of anilines is 1. The Morgan fingerprint density at radius 2 is 1.84 bits per heavy atom. The summed E-state index contributed by atoms with van der Waals surface area (Å²) in [5, 5.41) is 21.7. The minimum absolute atomic E-state index is 0.0748. The first kappa shape index (κ1) is 13.2. The minimum Gasteiger partial charge on any atom is -0.506 e. The number of rotatable bonds is 4. The van der Waals surface area contributed by atoms with Crippen LogP contribution in [0, 0.1) is 0 Å². The van der Waals surface area contributed by atoms with Crippen LogP contribution in [0.5, 0.6) is 5.75 Å². The van der Waals surface area contributed by atoms with Gasteiger partial charge in [-0.3, -0.25) is 0 Å². The number of benzene rings is 2. The highest BCUT2D eigenvalue weighted by Crippen LogP contribution is 2.28. The van der Waals surface area contributed by atoms with Gasteiger partial charge in [-0.05, 0) is 29.8 Å². The van der Waals surface area contributed by atoms with E-state index in [1.54, 1.807) is 12.1 Å². The number of hydrogen-bond donors (Lipinski definition) is 3. The molecule has 0 saturated carbocycles. The van der Waals surface area contributed by atoms with Crippen molar-refractivity contribution in [1.82, 2.24) is 0 Å². The van der Waals surface area contributed by atoms with Crippen molar-refractivity contribution in [3.63, 3.8) is 0 Å². The highest BCUT2D eigenvalue weighted by Gasteiger charge is 2.20. The molecule has 2 rings (SSSR count). The average molecular weight is 278 g/mol. The van der Waals surface area contributed by atoms with Crippen molar-refractivity contribution in [2.45, 2.75) is 6.04 Å².